The van der Waals surface area contributed by atoms with Gasteiger partial charge in [0.1, 0.15) is 0 Å². The average molecular weight is 333 g/mol. The molecule has 4 rings (SSSR count). The van der Waals surface area contributed by atoms with Gasteiger partial charge >= 0.3 is 0 Å². The largest absolute Gasteiger partial charge is 0.361 e. The Morgan fingerprint density at radius 3 is 2.88 bits per heavy atom. The number of para-hydroxylation sites is 1. The number of aromatic amines is 1. The third-order valence-electron chi connectivity index (χ3n) is 4.28. The van der Waals surface area contributed by atoms with Gasteiger partial charge in [0, 0.05) is 53.4 Å². The molecular formula is C20H19N3S. The molecule has 0 saturated carbocycles. The summed E-state index contributed by atoms with van der Waals surface area (Å²) < 4.78 is 0. The van der Waals surface area contributed by atoms with Crippen molar-refractivity contribution in [2.24, 2.45) is 0 Å². The van der Waals surface area contributed by atoms with Crippen molar-refractivity contribution in [1.29, 1.82) is 0 Å². The number of rotatable bonds is 6. The van der Waals surface area contributed by atoms with Crippen molar-refractivity contribution >= 4 is 22.2 Å². The van der Waals surface area contributed by atoms with E-state index in [4.69, 9.17) is 0 Å². The Morgan fingerprint density at radius 1 is 1.08 bits per heavy atom. The summed E-state index contributed by atoms with van der Waals surface area (Å²) >= 11 is 1.82. The number of fused-ring (bicyclic) bond motifs is 1. The highest BCUT2D eigenvalue weighted by atomic mass is 32.1. The van der Waals surface area contributed by atoms with Crippen LogP contribution in [-0.4, -0.2) is 16.5 Å². The monoisotopic (exact) mass is 333 g/mol. The van der Waals surface area contributed by atoms with Crippen LogP contribution in [0.15, 0.2) is 72.5 Å². The van der Waals surface area contributed by atoms with E-state index in [1.165, 1.54) is 26.9 Å². The molecule has 4 heteroatoms. The van der Waals surface area contributed by atoms with E-state index >= 15 is 0 Å². The molecule has 2 N–H and O–H groups in total. The second kappa shape index (κ2) is 6.99. The molecule has 0 aliphatic heterocycles. The highest BCUT2D eigenvalue weighted by Gasteiger charge is 2.18. The van der Waals surface area contributed by atoms with Crippen molar-refractivity contribution in [3.8, 4) is 0 Å². The fourth-order valence-electron chi connectivity index (χ4n) is 3.10. The van der Waals surface area contributed by atoms with E-state index in [0.717, 1.165) is 13.1 Å². The van der Waals surface area contributed by atoms with Crippen LogP contribution in [0.1, 0.15) is 21.9 Å². The summed E-state index contributed by atoms with van der Waals surface area (Å²) in [4.78, 5) is 8.97. The molecule has 0 spiro atoms. The quantitative estimate of drug-likeness (QED) is 0.543. The molecule has 3 aromatic heterocycles. The number of hydrogen-bond acceptors (Lipinski definition) is 3. The highest BCUT2D eigenvalue weighted by Crippen LogP contribution is 2.32. The van der Waals surface area contributed by atoms with Gasteiger partial charge in [0.15, 0.2) is 0 Å². The minimum Gasteiger partial charge on any atom is -0.361 e. The fourth-order valence-corrected chi connectivity index (χ4v) is 3.95. The zero-order chi connectivity index (χ0) is 16.2. The van der Waals surface area contributed by atoms with Crippen LogP contribution in [0.25, 0.3) is 10.9 Å². The summed E-state index contributed by atoms with van der Waals surface area (Å²) in [6, 6.07) is 16.9. The van der Waals surface area contributed by atoms with E-state index in [9.17, 15) is 0 Å². The third kappa shape index (κ3) is 3.11. The highest BCUT2D eigenvalue weighted by molar-refractivity contribution is 7.10. The normalized spacial score (nSPS) is 12.5. The van der Waals surface area contributed by atoms with Crippen LogP contribution in [-0.2, 0) is 6.54 Å². The van der Waals surface area contributed by atoms with Crippen LogP contribution in [0.5, 0.6) is 0 Å². The van der Waals surface area contributed by atoms with Gasteiger partial charge in [0.2, 0.25) is 0 Å². The van der Waals surface area contributed by atoms with Crippen LogP contribution in [0.3, 0.4) is 0 Å². The Labute approximate surface area is 145 Å². The Hall–Kier alpha value is -2.43. The van der Waals surface area contributed by atoms with Crippen molar-refractivity contribution in [3.05, 3.63) is 88.5 Å². The maximum Gasteiger partial charge on any atom is 0.0457 e. The number of H-pyrrole nitrogens is 1. The van der Waals surface area contributed by atoms with E-state index in [0.29, 0.717) is 5.92 Å². The first-order valence-corrected chi connectivity index (χ1v) is 8.99. The van der Waals surface area contributed by atoms with Crippen LogP contribution < -0.4 is 5.32 Å². The average Bonchev–Trinajstić information content (AvgIpc) is 3.30. The lowest BCUT2D eigenvalue weighted by Gasteiger charge is -2.16. The maximum absolute atomic E-state index is 4.18. The van der Waals surface area contributed by atoms with Crippen LogP contribution in [0.4, 0.5) is 0 Å². The zero-order valence-electron chi connectivity index (χ0n) is 13.3. The topological polar surface area (TPSA) is 40.7 Å². The third-order valence-corrected chi connectivity index (χ3v) is 5.27. The minimum atomic E-state index is 0.345. The number of hydrogen-bond donors (Lipinski definition) is 2. The molecule has 4 aromatic rings. The van der Waals surface area contributed by atoms with Crippen LogP contribution in [0.2, 0.25) is 0 Å². The first-order valence-electron chi connectivity index (χ1n) is 8.11. The smallest absolute Gasteiger partial charge is 0.0457 e. The summed E-state index contributed by atoms with van der Waals surface area (Å²) in [7, 11) is 0. The number of thiophene rings is 1. The van der Waals surface area contributed by atoms with Gasteiger partial charge in [-0.3, -0.25) is 4.98 Å². The van der Waals surface area contributed by atoms with Crippen molar-refractivity contribution in [2.45, 2.75) is 12.5 Å². The molecule has 3 nitrogen and oxygen atoms in total. The molecule has 0 aliphatic carbocycles. The number of nitrogens with zero attached hydrogens (tertiary/aromatic N) is 1. The first kappa shape index (κ1) is 15.1. The minimum absolute atomic E-state index is 0.345. The molecule has 0 unspecified atom stereocenters. The first-order chi connectivity index (χ1) is 11.9. The zero-order valence-corrected chi connectivity index (χ0v) is 14.1. The van der Waals surface area contributed by atoms with Gasteiger partial charge in [-0.1, -0.05) is 30.3 Å². The van der Waals surface area contributed by atoms with E-state index in [1.54, 1.807) is 0 Å². The summed E-state index contributed by atoms with van der Waals surface area (Å²) in [6.45, 7) is 1.73. The van der Waals surface area contributed by atoms with Crippen LogP contribution in [0, 0.1) is 0 Å². The van der Waals surface area contributed by atoms with E-state index in [1.807, 2.05) is 29.8 Å². The molecule has 0 saturated heterocycles. The number of aromatic nitrogens is 2. The molecule has 24 heavy (non-hydrogen) atoms. The molecule has 120 valence electrons. The number of benzene rings is 1. The van der Waals surface area contributed by atoms with E-state index in [2.05, 4.69) is 69.3 Å². The van der Waals surface area contributed by atoms with Crippen molar-refractivity contribution < 1.29 is 0 Å². The van der Waals surface area contributed by atoms with Gasteiger partial charge in [-0.25, -0.2) is 0 Å². The van der Waals surface area contributed by atoms with E-state index in [-0.39, 0.29) is 0 Å². The van der Waals surface area contributed by atoms with Gasteiger partial charge < -0.3 is 10.3 Å². The second-order valence-electron chi connectivity index (χ2n) is 5.85. The Bertz CT molecular complexity index is 897. The second-order valence-corrected chi connectivity index (χ2v) is 6.83. The molecule has 0 fully saturated rings. The SMILES string of the molecule is c1cncc(CNC[C@H](c2cccs2)c2c[nH]c3ccccc23)c1. The van der Waals surface area contributed by atoms with Gasteiger partial charge in [0.05, 0.1) is 0 Å². The Morgan fingerprint density at radius 2 is 2.04 bits per heavy atom. The Kier molecular flexibility index (Phi) is 4.40. The summed E-state index contributed by atoms with van der Waals surface area (Å²) in [5.74, 6) is 0.345. The standard InChI is InChI=1S/C20H19N3S/c1-2-7-19-16(6-1)17(14-23-19)18(20-8-4-10-24-20)13-22-12-15-5-3-9-21-11-15/h1-11,14,18,22-23H,12-13H2/t18-/m0/s1. The van der Waals surface area contributed by atoms with Crippen molar-refractivity contribution in [3.63, 3.8) is 0 Å². The fraction of sp³-hybridized carbons (Fsp3) is 0.150. The Balaban J connectivity index is 1.58. The molecule has 1 atom stereocenters. The molecule has 0 bridgehead atoms. The molecule has 0 amide bonds. The molecule has 0 radical (unpaired) electrons. The summed E-state index contributed by atoms with van der Waals surface area (Å²) in [5.41, 5.74) is 3.76. The molecular weight excluding hydrogens is 314 g/mol. The lowest BCUT2D eigenvalue weighted by molar-refractivity contribution is 0.642. The lowest BCUT2D eigenvalue weighted by Crippen LogP contribution is -2.21. The van der Waals surface area contributed by atoms with Crippen molar-refractivity contribution in [1.82, 2.24) is 15.3 Å². The van der Waals surface area contributed by atoms with Crippen molar-refractivity contribution in [2.75, 3.05) is 6.54 Å². The van der Waals surface area contributed by atoms with Gasteiger partial charge in [-0.15, -0.1) is 11.3 Å². The lowest BCUT2D eigenvalue weighted by atomic mass is 9.96. The van der Waals surface area contributed by atoms with Gasteiger partial charge in [-0.2, -0.15) is 0 Å². The molecule has 3 heterocycles. The number of pyridine rings is 1. The summed E-state index contributed by atoms with van der Waals surface area (Å²) in [6.07, 6.45) is 5.88. The van der Waals surface area contributed by atoms with Crippen LogP contribution >= 0.6 is 11.3 Å². The van der Waals surface area contributed by atoms with Gasteiger partial charge in [-0.05, 0) is 34.7 Å². The van der Waals surface area contributed by atoms with E-state index < -0.39 is 0 Å². The summed E-state index contributed by atoms with van der Waals surface area (Å²) in [5, 5.41) is 7.05. The maximum atomic E-state index is 4.18. The molecule has 0 aliphatic rings. The number of nitrogens with one attached hydrogen (secondary N) is 2. The van der Waals surface area contributed by atoms with Gasteiger partial charge in [0.25, 0.3) is 0 Å². The predicted molar refractivity (Wildman–Crippen MR) is 100 cm³/mol. The predicted octanol–water partition coefficient (Wildman–Crippen LogP) is 4.55. The molecule has 1 aromatic carbocycles.